The molecule has 0 spiro atoms. The number of benzene rings is 2. The molecule has 2 aromatic rings. The molecule has 2 atom stereocenters. The molecule has 0 aliphatic heterocycles. The standard InChI is InChI=1S/C19H20F2O3S/c20-16-5-8-18(19(21)10-16)15-3-6-17(7-4-15)25(23,24)12-14-2-1-13(9-14)11-22/h3-8,10,13-14,22H,1-2,9,11-12H2/t13-,14-/m0/s1. The van der Waals surface area contributed by atoms with E-state index in [0.717, 1.165) is 25.3 Å². The molecular weight excluding hydrogens is 346 g/mol. The first kappa shape index (κ1) is 18.0. The minimum Gasteiger partial charge on any atom is -0.396 e. The Morgan fingerprint density at radius 3 is 2.28 bits per heavy atom. The zero-order valence-corrected chi connectivity index (χ0v) is 14.5. The van der Waals surface area contributed by atoms with E-state index in [1.165, 1.54) is 36.4 Å². The van der Waals surface area contributed by atoms with Crippen molar-refractivity contribution in [2.45, 2.75) is 24.2 Å². The maximum atomic E-state index is 13.8. The molecule has 1 aliphatic carbocycles. The van der Waals surface area contributed by atoms with Gasteiger partial charge in [-0.2, -0.15) is 0 Å². The first-order valence-corrected chi connectivity index (χ1v) is 9.93. The van der Waals surface area contributed by atoms with Crippen molar-refractivity contribution in [3.8, 4) is 11.1 Å². The van der Waals surface area contributed by atoms with Crippen LogP contribution >= 0.6 is 0 Å². The molecule has 25 heavy (non-hydrogen) atoms. The molecule has 1 fully saturated rings. The fourth-order valence-electron chi connectivity index (χ4n) is 3.47. The first-order valence-electron chi connectivity index (χ1n) is 8.28. The van der Waals surface area contributed by atoms with E-state index in [2.05, 4.69) is 0 Å². The molecule has 6 heteroatoms. The van der Waals surface area contributed by atoms with Gasteiger partial charge in [0, 0.05) is 18.2 Å². The van der Waals surface area contributed by atoms with Gasteiger partial charge >= 0.3 is 0 Å². The van der Waals surface area contributed by atoms with Crippen molar-refractivity contribution in [1.82, 2.24) is 0 Å². The Bertz CT molecular complexity index is 847. The first-order chi connectivity index (χ1) is 11.9. The van der Waals surface area contributed by atoms with Crippen LogP contribution < -0.4 is 0 Å². The van der Waals surface area contributed by atoms with E-state index in [4.69, 9.17) is 0 Å². The second-order valence-corrected chi connectivity index (χ2v) is 8.69. The second kappa shape index (κ2) is 7.22. The Labute approximate surface area is 146 Å². The van der Waals surface area contributed by atoms with Gasteiger partial charge in [-0.15, -0.1) is 0 Å². The third-order valence-electron chi connectivity index (χ3n) is 4.82. The number of aliphatic hydroxyl groups is 1. The molecule has 2 aromatic carbocycles. The van der Waals surface area contributed by atoms with Crippen LogP contribution in [0, 0.1) is 23.5 Å². The zero-order valence-electron chi connectivity index (χ0n) is 13.7. The van der Waals surface area contributed by atoms with Crippen molar-refractivity contribution in [3.63, 3.8) is 0 Å². The summed E-state index contributed by atoms with van der Waals surface area (Å²) in [6, 6.07) is 9.31. The van der Waals surface area contributed by atoms with E-state index in [9.17, 15) is 22.3 Å². The summed E-state index contributed by atoms with van der Waals surface area (Å²) in [7, 11) is -3.43. The summed E-state index contributed by atoms with van der Waals surface area (Å²) < 4.78 is 51.9. The Balaban J connectivity index is 1.77. The van der Waals surface area contributed by atoms with Gasteiger partial charge in [-0.3, -0.25) is 0 Å². The molecule has 0 bridgehead atoms. The predicted molar refractivity (Wildman–Crippen MR) is 91.8 cm³/mol. The molecule has 0 heterocycles. The van der Waals surface area contributed by atoms with E-state index < -0.39 is 21.5 Å². The van der Waals surface area contributed by atoms with Crippen LogP contribution in [0.4, 0.5) is 8.78 Å². The van der Waals surface area contributed by atoms with E-state index >= 15 is 0 Å². The highest BCUT2D eigenvalue weighted by atomic mass is 32.2. The predicted octanol–water partition coefficient (Wildman–Crippen LogP) is 3.81. The molecule has 0 unspecified atom stereocenters. The second-order valence-electron chi connectivity index (χ2n) is 6.66. The molecule has 0 amide bonds. The third kappa shape index (κ3) is 4.07. The van der Waals surface area contributed by atoms with Crippen LogP contribution in [-0.2, 0) is 9.84 Å². The summed E-state index contributed by atoms with van der Waals surface area (Å²) in [6.07, 6.45) is 2.40. The summed E-state index contributed by atoms with van der Waals surface area (Å²) in [6.45, 7) is 0.106. The van der Waals surface area contributed by atoms with E-state index in [-0.39, 0.29) is 34.7 Å². The molecule has 1 N–H and O–H groups in total. The summed E-state index contributed by atoms with van der Waals surface area (Å²) in [5.74, 6) is -1.01. The van der Waals surface area contributed by atoms with E-state index in [0.29, 0.717) is 5.56 Å². The fourth-order valence-corrected chi connectivity index (χ4v) is 5.13. The van der Waals surface area contributed by atoms with Gasteiger partial charge in [0.1, 0.15) is 11.6 Å². The average Bonchev–Trinajstić information content (AvgIpc) is 3.02. The smallest absolute Gasteiger partial charge is 0.178 e. The lowest BCUT2D eigenvalue weighted by Gasteiger charge is -2.12. The Morgan fingerprint density at radius 2 is 1.68 bits per heavy atom. The van der Waals surface area contributed by atoms with Crippen molar-refractivity contribution in [2.75, 3.05) is 12.4 Å². The molecule has 1 aliphatic rings. The highest BCUT2D eigenvalue weighted by Crippen LogP contribution is 2.33. The maximum absolute atomic E-state index is 13.8. The molecular formula is C19H20F2O3S. The van der Waals surface area contributed by atoms with Crippen molar-refractivity contribution in [2.24, 2.45) is 11.8 Å². The number of sulfone groups is 1. The van der Waals surface area contributed by atoms with Crippen molar-refractivity contribution < 1.29 is 22.3 Å². The minimum absolute atomic E-state index is 0.0633. The molecule has 0 aromatic heterocycles. The van der Waals surface area contributed by atoms with Crippen molar-refractivity contribution in [3.05, 3.63) is 54.1 Å². The van der Waals surface area contributed by atoms with Crippen LogP contribution in [0.5, 0.6) is 0 Å². The molecule has 1 saturated carbocycles. The van der Waals surface area contributed by atoms with Gasteiger partial charge in [0.15, 0.2) is 9.84 Å². The number of aliphatic hydroxyl groups excluding tert-OH is 1. The van der Waals surface area contributed by atoms with Crippen molar-refractivity contribution >= 4 is 9.84 Å². The molecule has 0 saturated heterocycles. The van der Waals surface area contributed by atoms with Crippen LogP contribution in [0.25, 0.3) is 11.1 Å². The summed E-state index contributed by atoms with van der Waals surface area (Å²) in [5.41, 5.74) is 0.726. The fraction of sp³-hybridized carbons (Fsp3) is 0.368. The van der Waals surface area contributed by atoms with Gasteiger partial charge < -0.3 is 5.11 Å². The Kier molecular flexibility index (Phi) is 5.20. The lowest BCUT2D eigenvalue weighted by atomic mass is 10.1. The van der Waals surface area contributed by atoms with Crippen LogP contribution in [-0.4, -0.2) is 25.9 Å². The van der Waals surface area contributed by atoms with Crippen LogP contribution in [0.2, 0.25) is 0 Å². The van der Waals surface area contributed by atoms with Gasteiger partial charge in [0.2, 0.25) is 0 Å². The van der Waals surface area contributed by atoms with Crippen LogP contribution in [0.1, 0.15) is 19.3 Å². The zero-order chi connectivity index (χ0) is 18.0. The van der Waals surface area contributed by atoms with E-state index in [1.54, 1.807) is 0 Å². The van der Waals surface area contributed by atoms with Gasteiger partial charge in [-0.05, 0) is 60.9 Å². The lowest BCUT2D eigenvalue weighted by Crippen LogP contribution is -2.15. The Hall–Kier alpha value is -1.79. The van der Waals surface area contributed by atoms with Gasteiger partial charge in [-0.1, -0.05) is 12.1 Å². The molecule has 134 valence electrons. The monoisotopic (exact) mass is 366 g/mol. The largest absolute Gasteiger partial charge is 0.396 e. The lowest BCUT2D eigenvalue weighted by molar-refractivity contribution is 0.227. The average molecular weight is 366 g/mol. The summed E-state index contributed by atoms with van der Waals surface area (Å²) in [5, 5.41) is 9.17. The highest BCUT2D eigenvalue weighted by molar-refractivity contribution is 7.91. The Morgan fingerprint density at radius 1 is 1.00 bits per heavy atom. The van der Waals surface area contributed by atoms with Gasteiger partial charge in [-0.25, -0.2) is 17.2 Å². The van der Waals surface area contributed by atoms with Gasteiger partial charge in [0.05, 0.1) is 10.6 Å². The number of rotatable bonds is 5. The summed E-state index contributed by atoms with van der Waals surface area (Å²) >= 11 is 0. The van der Waals surface area contributed by atoms with E-state index in [1.807, 2.05) is 0 Å². The molecule has 3 rings (SSSR count). The topological polar surface area (TPSA) is 54.4 Å². The maximum Gasteiger partial charge on any atom is 0.178 e. The minimum atomic E-state index is -3.43. The SMILES string of the molecule is O=S(=O)(C[C@H]1CC[C@H](CO)C1)c1ccc(-c2ccc(F)cc2F)cc1. The highest BCUT2D eigenvalue weighted by Gasteiger charge is 2.29. The van der Waals surface area contributed by atoms with Crippen LogP contribution in [0.3, 0.4) is 0 Å². The van der Waals surface area contributed by atoms with Crippen molar-refractivity contribution in [1.29, 1.82) is 0 Å². The normalized spacial score (nSPS) is 20.8. The molecule has 3 nitrogen and oxygen atoms in total. The number of halogens is 2. The quantitative estimate of drug-likeness (QED) is 0.875. The van der Waals surface area contributed by atoms with Crippen LogP contribution in [0.15, 0.2) is 47.4 Å². The number of hydrogen-bond donors (Lipinski definition) is 1. The van der Waals surface area contributed by atoms with Gasteiger partial charge in [0.25, 0.3) is 0 Å². The molecule has 0 radical (unpaired) electrons. The summed E-state index contributed by atoms with van der Waals surface area (Å²) in [4.78, 5) is 0.200. The third-order valence-corrected chi connectivity index (χ3v) is 6.72. The number of hydrogen-bond acceptors (Lipinski definition) is 3.